The van der Waals surface area contributed by atoms with E-state index in [4.69, 9.17) is 4.52 Å². The molecule has 80 valence electrons. The minimum atomic E-state index is 0.550. The lowest BCUT2D eigenvalue weighted by molar-refractivity contribution is -0.793. The molecule has 0 saturated heterocycles. The molecule has 0 aliphatic rings. The van der Waals surface area contributed by atoms with Crippen molar-refractivity contribution in [2.24, 2.45) is 0 Å². The zero-order chi connectivity index (χ0) is 11.3. The average Bonchev–Trinajstić information content (AvgIpc) is 2.50. The van der Waals surface area contributed by atoms with Crippen molar-refractivity contribution in [3.8, 4) is 0 Å². The summed E-state index contributed by atoms with van der Waals surface area (Å²) >= 11 is 6.95. The summed E-state index contributed by atoms with van der Waals surface area (Å²) in [6.07, 6.45) is 0. The van der Waals surface area contributed by atoms with Crippen molar-refractivity contribution < 1.29 is 9.43 Å². The van der Waals surface area contributed by atoms with E-state index in [0.29, 0.717) is 16.2 Å². The fourth-order valence-electron chi connectivity index (χ4n) is 1.70. The summed E-state index contributed by atoms with van der Waals surface area (Å²) in [5.41, 5.74) is 3.26. The molecule has 0 bridgehead atoms. The third kappa shape index (κ3) is 1.40. The van der Waals surface area contributed by atoms with Gasteiger partial charge in [-0.2, -0.15) is 0 Å². The predicted molar refractivity (Wildman–Crippen MR) is 64.8 cm³/mol. The number of halogens is 2. The first-order valence-electron chi connectivity index (χ1n) is 4.42. The molecule has 0 unspecified atom stereocenters. The summed E-state index contributed by atoms with van der Waals surface area (Å²) < 4.78 is 6.97. The van der Waals surface area contributed by atoms with Crippen LogP contribution in [-0.4, -0.2) is 0 Å². The lowest BCUT2D eigenvalue weighted by atomic mass is 10.1. The zero-order valence-corrected chi connectivity index (χ0v) is 11.7. The number of aromatic nitrogens is 1. The van der Waals surface area contributed by atoms with Gasteiger partial charge in [-0.15, -0.1) is 0 Å². The lowest BCUT2D eigenvalue weighted by Crippen LogP contribution is -2.25. The Labute approximate surface area is 104 Å². The summed E-state index contributed by atoms with van der Waals surface area (Å²) in [6.45, 7) is 5.68. The maximum absolute atomic E-state index is 11.4. The van der Waals surface area contributed by atoms with Crippen molar-refractivity contribution in [1.82, 2.24) is 0 Å². The van der Waals surface area contributed by atoms with E-state index in [9.17, 15) is 5.21 Å². The van der Waals surface area contributed by atoms with Crippen LogP contribution in [0.5, 0.6) is 0 Å². The first-order valence-corrected chi connectivity index (χ1v) is 6.01. The largest absolute Gasteiger partial charge is 0.365 e. The van der Waals surface area contributed by atoms with Crippen LogP contribution in [0, 0.1) is 26.0 Å². The van der Waals surface area contributed by atoms with E-state index in [1.807, 2.05) is 13.8 Å². The van der Waals surface area contributed by atoms with Crippen LogP contribution in [0.4, 0.5) is 0 Å². The lowest BCUT2D eigenvalue weighted by Gasteiger charge is -2.06. The van der Waals surface area contributed by atoms with Gasteiger partial charge in [0.15, 0.2) is 0 Å². The van der Waals surface area contributed by atoms with Gasteiger partial charge < -0.3 is 4.52 Å². The highest BCUT2D eigenvalue weighted by Crippen LogP contribution is 2.37. The van der Waals surface area contributed by atoms with E-state index >= 15 is 0 Å². The summed E-state index contributed by atoms with van der Waals surface area (Å²) in [6, 6.07) is 0. The molecule has 0 saturated carbocycles. The molecule has 5 heteroatoms. The molecule has 1 aromatic carbocycles. The first kappa shape index (κ1) is 11.0. The van der Waals surface area contributed by atoms with Crippen LogP contribution in [0.2, 0.25) is 0 Å². The fraction of sp³-hybridized carbons (Fsp3) is 0.300. The third-order valence-electron chi connectivity index (χ3n) is 2.60. The van der Waals surface area contributed by atoms with E-state index in [-0.39, 0.29) is 0 Å². The molecule has 15 heavy (non-hydrogen) atoms. The summed E-state index contributed by atoms with van der Waals surface area (Å²) in [5.74, 6) is 0. The van der Waals surface area contributed by atoms with E-state index < -0.39 is 0 Å². The summed E-state index contributed by atoms with van der Waals surface area (Å²) in [4.78, 5) is 0.550. The molecule has 1 aromatic heterocycles. The molecule has 0 aliphatic heterocycles. The van der Waals surface area contributed by atoms with Gasteiger partial charge in [-0.25, -0.2) is 0 Å². The fourth-order valence-corrected chi connectivity index (χ4v) is 2.83. The Bertz CT molecular complexity index is 561. The molecule has 0 aliphatic carbocycles. The number of fused-ring (bicyclic) bond motifs is 1. The van der Waals surface area contributed by atoms with Crippen LogP contribution in [0.3, 0.4) is 0 Å². The van der Waals surface area contributed by atoms with Crippen LogP contribution in [-0.2, 0) is 0 Å². The highest BCUT2D eigenvalue weighted by Gasteiger charge is 2.20. The van der Waals surface area contributed by atoms with E-state index in [0.717, 1.165) is 25.5 Å². The topological polar surface area (TPSA) is 40.1 Å². The molecule has 2 rings (SSSR count). The smallest absolute Gasteiger partial charge is 0.251 e. The number of hydrogen-bond acceptors (Lipinski definition) is 2. The minimum absolute atomic E-state index is 0.550. The van der Waals surface area contributed by atoms with E-state index in [2.05, 4.69) is 31.9 Å². The molecule has 0 amide bonds. The van der Waals surface area contributed by atoms with Crippen molar-refractivity contribution in [3.05, 3.63) is 31.0 Å². The average molecular weight is 335 g/mol. The van der Waals surface area contributed by atoms with Gasteiger partial charge in [-0.05, 0) is 40.9 Å². The van der Waals surface area contributed by atoms with Crippen LogP contribution >= 0.6 is 31.9 Å². The van der Waals surface area contributed by atoms with Gasteiger partial charge in [-0.1, -0.05) is 15.9 Å². The zero-order valence-electron chi connectivity index (χ0n) is 8.52. The van der Waals surface area contributed by atoms with Crippen LogP contribution in [0.25, 0.3) is 11.0 Å². The number of hydrogen-bond donors (Lipinski definition) is 0. The predicted octanol–water partition coefficient (Wildman–Crippen LogP) is 3.52. The molecular weight excluding hydrogens is 326 g/mol. The number of benzene rings is 1. The highest BCUT2D eigenvalue weighted by molar-refractivity contribution is 9.11. The van der Waals surface area contributed by atoms with Gasteiger partial charge in [0.2, 0.25) is 0 Å². The Morgan fingerprint density at radius 3 is 2.27 bits per heavy atom. The van der Waals surface area contributed by atoms with Crippen LogP contribution in [0.1, 0.15) is 16.8 Å². The number of aryl methyl sites for hydroxylation is 2. The number of nitrogens with zero attached hydrogens (tertiary/aromatic N) is 1. The third-order valence-corrected chi connectivity index (χ3v) is 4.74. The second kappa shape index (κ2) is 3.49. The molecule has 0 radical (unpaired) electrons. The maximum Gasteiger partial charge on any atom is 0.251 e. The van der Waals surface area contributed by atoms with Gasteiger partial charge in [-0.3, -0.25) is 5.21 Å². The Kier molecular flexibility index (Phi) is 2.55. The summed E-state index contributed by atoms with van der Waals surface area (Å²) in [7, 11) is 0. The second-order valence-electron chi connectivity index (χ2n) is 3.52. The molecule has 0 spiro atoms. The van der Waals surface area contributed by atoms with Gasteiger partial charge in [0.25, 0.3) is 5.69 Å². The van der Waals surface area contributed by atoms with Crippen LogP contribution < -0.4 is 4.90 Å². The van der Waals surface area contributed by atoms with Crippen molar-refractivity contribution in [1.29, 1.82) is 0 Å². The number of rotatable bonds is 0. The normalized spacial score (nSPS) is 11.3. The molecule has 0 atom stereocenters. The Morgan fingerprint density at radius 2 is 1.67 bits per heavy atom. The van der Waals surface area contributed by atoms with Crippen molar-refractivity contribution in [2.45, 2.75) is 20.8 Å². The van der Waals surface area contributed by atoms with Gasteiger partial charge >= 0.3 is 0 Å². The SMILES string of the molecule is Cc1c(Br)c(C)c2c(C)[n+]([O-])oc2c1Br. The van der Waals surface area contributed by atoms with Crippen LogP contribution in [0.15, 0.2) is 13.5 Å². The molecule has 0 N–H and O–H groups in total. The monoisotopic (exact) mass is 333 g/mol. The van der Waals surface area contributed by atoms with Gasteiger partial charge in [0, 0.05) is 20.8 Å². The summed E-state index contributed by atoms with van der Waals surface area (Å²) in [5, 5.41) is 12.2. The quantitative estimate of drug-likeness (QED) is 0.691. The molecule has 1 heterocycles. The van der Waals surface area contributed by atoms with Crippen molar-refractivity contribution in [2.75, 3.05) is 0 Å². The molecular formula is C10H9Br2NO2. The van der Waals surface area contributed by atoms with Crippen molar-refractivity contribution >= 4 is 42.8 Å². The molecule has 2 aromatic rings. The molecule has 0 fully saturated rings. The Balaban J connectivity index is 3.07. The van der Waals surface area contributed by atoms with Gasteiger partial charge in [0.1, 0.15) is 5.58 Å². The van der Waals surface area contributed by atoms with Gasteiger partial charge in [0.05, 0.1) is 5.39 Å². The second-order valence-corrected chi connectivity index (χ2v) is 5.10. The Morgan fingerprint density at radius 1 is 1.07 bits per heavy atom. The highest BCUT2D eigenvalue weighted by atomic mass is 79.9. The first-order chi connectivity index (χ1) is 6.95. The Hall–Kier alpha value is -0.550. The van der Waals surface area contributed by atoms with E-state index in [1.54, 1.807) is 6.92 Å². The maximum atomic E-state index is 11.4. The molecule has 3 nitrogen and oxygen atoms in total. The van der Waals surface area contributed by atoms with Crippen molar-refractivity contribution in [3.63, 3.8) is 0 Å². The van der Waals surface area contributed by atoms with E-state index in [1.165, 1.54) is 0 Å². The minimum Gasteiger partial charge on any atom is -0.365 e. The standard InChI is InChI=1S/C10H9Br2NO2/c1-4-7-6(3)13(14)15-10(7)9(12)5(2)8(4)11/h1-3H3.